The van der Waals surface area contributed by atoms with Crippen LogP contribution in [0.25, 0.3) is 0 Å². The van der Waals surface area contributed by atoms with Crippen molar-refractivity contribution >= 4 is 5.97 Å². The minimum atomic E-state index is -0.818. The predicted molar refractivity (Wildman–Crippen MR) is 76.0 cm³/mol. The summed E-state index contributed by atoms with van der Waals surface area (Å²) in [5.74, 6) is -1.11. The normalized spacial score (nSPS) is 20.1. The lowest BCUT2D eigenvalue weighted by atomic mass is 9.86. The number of benzene rings is 1. The number of halogens is 1. The van der Waals surface area contributed by atoms with Gasteiger partial charge in [0, 0.05) is 0 Å². The van der Waals surface area contributed by atoms with Gasteiger partial charge in [0.1, 0.15) is 5.82 Å². The zero-order valence-corrected chi connectivity index (χ0v) is 11.9. The molecule has 1 aromatic rings. The van der Waals surface area contributed by atoms with Crippen LogP contribution in [0.1, 0.15) is 44.6 Å². The Bertz CT molecular complexity index is 452. The first-order valence-electron chi connectivity index (χ1n) is 7.25. The maximum absolute atomic E-state index is 13.1. The molecule has 0 saturated carbocycles. The molecule has 1 aliphatic heterocycles. The molecule has 0 spiro atoms. The highest BCUT2D eigenvalue weighted by atomic mass is 19.1. The molecular weight excluding hydrogens is 257 g/mol. The van der Waals surface area contributed by atoms with Gasteiger partial charge in [0.15, 0.2) is 0 Å². The van der Waals surface area contributed by atoms with Gasteiger partial charge in [-0.15, -0.1) is 0 Å². The second-order valence-corrected chi connectivity index (χ2v) is 5.75. The largest absolute Gasteiger partial charge is 0.481 e. The summed E-state index contributed by atoms with van der Waals surface area (Å²) in [7, 11) is 0. The summed E-state index contributed by atoms with van der Waals surface area (Å²) in [4.78, 5) is 13.5. The fraction of sp³-hybridized carbons (Fsp3) is 0.562. The van der Waals surface area contributed by atoms with E-state index < -0.39 is 11.5 Å². The molecule has 1 aliphatic rings. The highest BCUT2D eigenvalue weighted by Gasteiger charge is 2.36. The Balaban J connectivity index is 2.32. The van der Waals surface area contributed by atoms with Gasteiger partial charge in [0.05, 0.1) is 12.0 Å². The molecule has 1 N–H and O–H groups in total. The van der Waals surface area contributed by atoms with Crippen molar-refractivity contribution in [3.8, 4) is 0 Å². The maximum Gasteiger partial charge on any atom is 0.305 e. The van der Waals surface area contributed by atoms with Gasteiger partial charge in [-0.2, -0.15) is 0 Å². The third-order valence-corrected chi connectivity index (χ3v) is 4.27. The van der Waals surface area contributed by atoms with E-state index in [1.54, 1.807) is 12.1 Å². The first-order chi connectivity index (χ1) is 9.52. The van der Waals surface area contributed by atoms with Gasteiger partial charge in [-0.25, -0.2) is 4.39 Å². The highest BCUT2D eigenvalue weighted by Crippen LogP contribution is 2.34. The molecule has 0 radical (unpaired) electrons. The van der Waals surface area contributed by atoms with Crippen LogP contribution in [0.15, 0.2) is 24.3 Å². The van der Waals surface area contributed by atoms with Crippen LogP contribution in [0.2, 0.25) is 0 Å². The summed E-state index contributed by atoms with van der Waals surface area (Å²) in [5, 5.41) is 9.27. The first kappa shape index (κ1) is 15.0. The lowest BCUT2D eigenvalue weighted by Crippen LogP contribution is -2.46. The molecule has 2 rings (SSSR count). The monoisotopic (exact) mass is 279 g/mol. The van der Waals surface area contributed by atoms with Gasteiger partial charge in [-0.3, -0.25) is 9.69 Å². The van der Waals surface area contributed by atoms with Crippen LogP contribution in [0.3, 0.4) is 0 Å². The van der Waals surface area contributed by atoms with E-state index in [2.05, 4.69) is 4.90 Å². The molecule has 0 aliphatic carbocycles. The average molecular weight is 279 g/mol. The molecule has 0 bridgehead atoms. The van der Waals surface area contributed by atoms with Gasteiger partial charge < -0.3 is 5.11 Å². The van der Waals surface area contributed by atoms with Crippen molar-refractivity contribution < 1.29 is 14.3 Å². The van der Waals surface area contributed by atoms with Crippen molar-refractivity contribution in [2.75, 3.05) is 13.1 Å². The molecular formula is C16H22FNO2. The Morgan fingerprint density at radius 2 is 1.75 bits per heavy atom. The summed E-state index contributed by atoms with van der Waals surface area (Å²) in [5.41, 5.74) is 0.312. The SMILES string of the molecule is CC(CC(=O)O)(c1ccc(F)cc1)N1CCCCCC1. The molecule has 1 unspecified atom stereocenters. The number of nitrogens with zero attached hydrogens (tertiary/aromatic N) is 1. The van der Waals surface area contributed by atoms with Crippen molar-refractivity contribution in [1.82, 2.24) is 4.90 Å². The van der Waals surface area contributed by atoms with E-state index in [0.29, 0.717) is 0 Å². The Hall–Kier alpha value is -1.42. The molecule has 3 nitrogen and oxygen atoms in total. The summed E-state index contributed by atoms with van der Waals surface area (Å²) >= 11 is 0. The number of hydrogen-bond donors (Lipinski definition) is 1. The van der Waals surface area contributed by atoms with Crippen LogP contribution in [-0.2, 0) is 10.3 Å². The van der Waals surface area contributed by atoms with Crippen molar-refractivity contribution in [2.45, 2.75) is 44.6 Å². The summed E-state index contributed by atoms with van der Waals surface area (Å²) < 4.78 is 13.1. The van der Waals surface area contributed by atoms with Crippen molar-refractivity contribution in [2.24, 2.45) is 0 Å². The summed E-state index contributed by atoms with van der Waals surface area (Å²) in [6, 6.07) is 6.24. The minimum Gasteiger partial charge on any atom is -0.481 e. The topological polar surface area (TPSA) is 40.5 Å². The number of aliphatic carboxylic acids is 1. The van der Waals surface area contributed by atoms with E-state index >= 15 is 0 Å². The van der Waals surface area contributed by atoms with Gasteiger partial charge in [0.25, 0.3) is 0 Å². The van der Waals surface area contributed by atoms with Crippen LogP contribution in [0, 0.1) is 5.82 Å². The van der Waals surface area contributed by atoms with Gasteiger partial charge in [-0.05, 0) is 50.6 Å². The molecule has 1 fully saturated rings. The van der Waals surface area contributed by atoms with E-state index in [1.807, 2.05) is 6.92 Å². The fourth-order valence-corrected chi connectivity index (χ4v) is 3.06. The lowest BCUT2D eigenvalue weighted by molar-refractivity contribution is -0.140. The van der Waals surface area contributed by atoms with Gasteiger partial charge in [0.2, 0.25) is 0 Å². The summed E-state index contributed by atoms with van der Waals surface area (Å²) in [6.45, 7) is 3.77. The molecule has 20 heavy (non-hydrogen) atoms. The van der Waals surface area contributed by atoms with Crippen LogP contribution in [-0.4, -0.2) is 29.1 Å². The second-order valence-electron chi connectivity index (χ2n) is 5.75. The molecule has 1 aromatic carbocycles. The maximum atomic E-state index is 13.1. The summed E-state index contributed by atoms with van der Waals surface area (Å²) in [6.07, 6.45) is 4.62. The van der Waals surface area contributed by atoms with Crippen molar-refractivity contribution in [3.05, 3.63) is 35.6 Å². The second kappa shape index (κ2) is 6.35. The predicted octanol–water partition coefficient (Wildman–Crippen LogP) is 3.39. The highest BCUT2D eigenvalue weighted by molar-refractivity contribution is 5.68. The average Bonchev–Trinajstić information content (AvgIpc) is 2.67. The molecule has 0 aromatic heterocycles. The number of hydrogen-bond acceptors (Lipinski definition) is 2. The smallest absolute Gasteiger partial charge is 0.305 e. The molecule has 0 amide bonds. The third-order valence-electron chi connectivity index (χ3n) is 4.27. The zero-order chi connectivity index (χ0) is 14.6. The lowest BCUT2D eigenvalue weighted by Gasteiger charge is -2.40. The number of likely N-dealkylation sites (tertiary alicyclic amines) is 1. The third kappa shape index (κ3) is 3.37. The van der Waals surface area contributed by atoms with Gasteiger partial charge >= 0.3 is 5.97 Å². The van der Waals surface area contributed by atoms with E-state index in [0.717, 1.165) is 31.5 Å². The van der Waals surface area contributed by atoms with Crippen molar-refractivity contribution in [3.63, 3.8) is 0 Å². The molecule has 1 heterocycles. The van der Waals surface area contributed by atoms with Crippen LogP contribution in [0.4, 0.5) is 4.39 Å². The molecule has 1 atom stereocenters. The quantitative estimate of drug-likeness (QED) is 0.918. The fourth-order valence-electron chi connectivity index (χ4n) is 3.06. The molecule has 4 heteroatoms. The van der Waals surface area contributed by atoms with Crippen LogP contribution >= 0.6 is 0 Å². The van der Waals surface area contributed by atoms with Crippen LogP contribution < -0.4 is 0 Å². The Kier molecular flexibility index (Phi) is 4.76. The Morgan fingerprint density at radius 1 is 1.20 bits per heavy atom. The number of rotatable bonds is 4. The molecule has 110 valence electrons. The zero-order valence-electron chi connectivity index (χ0n) is 11.9. The van der Waals surface area contributed by atoms with E-state index in [1.165, 1.54) is 25.0 Å². The Labute approximate surface area is 119 Å². The van der Waals surface area contributed by atoms with E-state index in [9.17, 15) is 14.3 Å². The van der Waals surface area contributed by atoms with Crippen molar-refractivity contribution in [1.29, 1.82) is 0 Å². The number of carboxylic acids is 1. The standard InChI is InChI=1S/C16H22FNO2/c1-16(12-15(19)20,13-6-8-14(17)9-7-13)18-10-4-2-3-5-11-18/h6-9H,2-5,10-12H2,1H3,(H,19,20). The van der Waals surface area contributed by atoms with E-state index in [4.69, 9.17) is 0 Å². The minimum absolute atomic E-state index is 0.0403. The number of carbonyl (C=O) groups is 1. The Morgan fingerprint density at radius 3 is 2.25 bits per heavy atom. The first-order valence-corrected chi connectivity index (χ1v) is 7.25. The van der Waals surface area contributed by atoms with Gasteiger partial charge in [-0.1, -0.05) is 25.0 Å². The van der Waals surface area contributed by atoms with E-state index in [-0.39, 0.29) is 12.2 Å². The number of carboxylic acid groups (broad SMARTS) is 1. The molecule has 1 saturated heterocycles. The van der Waals surface area contributed by atoms with Crippen LogP contribution in [0.5, 0.6) is 0 Å².